The van der Waals surface area contributed by atoms with Crippen LogP contribution in [0.1, 0.15) is 20.3 Å². The quantitative estimate of drug-likeness (QED) is 0.599. The molecule has 0 saturated heterocycles. The predicted molar refractivity (Wildman–Crippen MR) is 81.5 cm³/mol. The molecule has 0 N–H and O–H groups in total. The Morgan fingerprint density at radius 3 is 1.47 bits per heavy atom. The van der Waals surface area contributed by atoms with Crippen molar-refractivity contribution in [2.45, 2.75) is 23.4 Å². The second kappa shape index (κ2) is 6.33. The molecule has 0 heterocycles. The summed E-state index contributed by atoms with van der Waals surface area (Å²) in [5, 5.41) is 0. The zero-order valence-corrected chi connectivity index (χ0v) is 17.5. The van der Waals surface area contributed by atoms with Gasteiger partial charge >= 0.3 is 125 Å². The van der Waals surface area contributed by atoms with Crippen LogP contribution in [-0.2, 0) is 20.8 Å². The van der Waals surface area contributed by atoms with Crippen LogP contribution in [-0.4, -0.2) is 50.9 Å². The Labute approximate surface area is 125 Å². The molecule has 0 spiro atoms. The fourth-order valence-corrected chi connectivity index (χ4v) is 26.5. The van der Waals surface area contributed by atoms with Crippen molar-refractivity contribution >= 4 is 0 Å². The van der Waals surface area contributed by atoms with E-state index in [1.807, 2.05) is 0 Å². The molecule has 0 unspecified atom stereocenters. The Morgan fingerprint density at radius 2 is 1.21 bits per heavy atom. The van der Waals surface area contributed by atoms with Crippen LogP contribution in [0.2, 0.25) is 3.17 Å². The van der Waals surface area contributed by atoms with Gasteiger partial charge in [-0.2, -0.15) is 0 Å². The minimum absolute atomic E-state index is 0.234. The van der Waals surface area contributed by atoms with Crippen LogP contribution < -0.4 is 0 Å². The summed E-state index contributed by atoms with van der Waals surface area (Å²) in [4.78, 5) is 0. The third-order valence-electron chi connectivity index (χ3n) is 4.14. The fraction of sp³-hybridized carbons (Fsp3) is 0.733. The van der Waals surface area contributed by atoms with Crippen LogP contribution in [0.25, 0.3) is 0 Å². The predicted octanol–water partition coefficient (Wildman–Crippen LogP) is 2.90. The Bertz CT molecular complexity index is 323. The first-order valence-electron chi connectivity index (χ1n) is 7.10. The van der Waals surface area contributed by atoms with Gasteiger partial charge in [-0.05, 0) is 0 Å². The first-order valence-corrected chi connectivity index (χ1v) is 13.7. The van der Waals surface area contributed by atoms with Gasteiger partial charge in [-0.15, -0.1) is 0 Å². The van der Waals surface area contributed by atoms with Crippen molar-refractivity contribution in [2.75, 3.05) is 42.3 Å². The number of allylic oxidation sites excluding steroid dienone is 4. The molecule has 1 aliphatic carbocycles. The average Bonchev–Trinajstić information content (AvgIpc) is 2.64. The molecule has 0 aliphatic heterocycles. The van der Waals surface area contributed by atoms with E-state index in [1.165, 1.54) is 6.42 Å². The molecule has 0 radical (unpaired) electrons. The Hall–Kier alpha value is 0.230. The van der Waals surface area contributed by atoms with Gasteiger partial charge in [-0.3, -0.25) is 0 Å². The van der Waals surface area contributed by atoms with Crippen LogP contribution in [0.3, 0.4) is 0 Å². The minimum atomic E-state index is -3.07. The number of nitrogens with zero attached hydrogens (tertiary/aromatic N) is 3. The summed E-state index contributed by atoms with van der Waals surface area (Å²) in [6, 6.07) is 0. The number of rotatable bonds is 6. The molecular weight excluding hydrogens is 401 g/mol. The molecule has 1 aliphatic rings. The topological polar surface area (TPSA) is 9.72 Å². The number of hydrogen-bond donors (Lipinski definition) is 0. The van der Waals surface area contributed by atoms with E-state index < -0.39 is 20.8 Å². The van der Waals surface area contributed by atoms with Gasteiger partial charge in [0.15, 0.2) is 0 Å². The van der Waals surface area contributed by atoms with E-state index in [0.717, 1.165) is 0 Å². The van der Waals surface area contributed by atoms with Gasteiger partial charge in [0, 0.05) is 0 Å². The molecule has 0 saturated carbocycles. The molecule has 0 aromatic carbocycles. The summed E-state index contributed by atoms with van der Waals surface area (Å²) in [6.07, 6.45) is 10.7. The van der Waals surface area contributed by atoms with Gasteiger partial charge in [0.25, 0.3) is 0 Å². The molecule has 110 valence electrons. The van der Waals surface area contributed by atoms with Gasteiger partial charge in [0.05, 0.1) is 0 Å². The van der Waals surface area contributed by atoms with E-state index in [-0.39, 0.29) is 3.17 Å². The molecule has 4 heteroatoms. The summed E-state index contributed by atoms with van der Waals surface area (Å²) in [5.74, 6) is 0.701. The van der Waals surface area contributed by atoms with Crippen molar-refractivity contribution in [3.63, 3.8) is 0 Å². The van der Waals surface area contributed by atoms with Crippen LogP contribution >= 0.6 is 0 Å². The van der Waals surface area contributed by atoms with Crippen molar-refractivity contribution in [1.82, 2.24) is 8.66 Å². The van der Waals surface area contributed by atoms with Crippen molar-refractivity contribution < 1.29 is 20.8 Å². The Kier molecular flexibility index (Phi) is 5.76. The summed E-state index contributed by atoms with van der Waals surface area (Å²) >= 11 is -3.07. The molecule has 3 nitrogen and oxygen atoms in total. The van der Waals surface area contributed by atoms with Crippen molar-refractivity contribution in [1.29, 1.82) is 0 Å². The summed E-state index contributed by atoms with van der Waals surface area (Å²) < 4.78 is 7.89. The monoisotopic (exact) mass is 433 g/mol. The SMILES string of the molecule is CC(C)C[C]1([Hf]([N](C)C)([N](C)C)[N](C)C)C=CC=C1. The third kappa shape index (κ3) is 2.82. The molecule has 0 aromatic heterocycles. The normalized spacial score (nSPS) is 18.5. The third-order valence-corrected chi connectivity index (χ3v) is 24.0. The maximum absolute atomic E-state index is 3.07. The van der Waals surface area contributed by atoms with Gasteiger partial charge in [-0.1, -0.05) is 0 Å². The molecule has 0 amide bonds. The van der Waals surface area contributed by atoms with E-state index >= 15 is 0 Å². The van der Waals surface area contributed by atoms with E-state index in [4.69, 9.17) is 0 Å². The molecule has 0 atom stereocenters. The second-order valence-corrected chi connectivity index (χ2v) is 24.2. The maximum atomic E-state index is 2.55. The van der Waals surface area contributed by atoms with Crippen LogP contribution in [0.4, 0.5) is 0 Å². The van der Waals surface area contributed by atoms with Gasteiger partial charge in [-0.25, -0.2) is 0 Å². The van der Waals surface area contributed by atoms with Crippen molar-refractivity contribution in [2.24, 2.45) is 5.92 Å². The second-order valence-electron chi connectivity index (χ2n) is 6.68. The summed E-state index contributed by atoms with van der Waals surface area (Å²) in [7, 11) is 13.6. The van der Waals surface area contributed by atoms with Crippen LogP contribution in [0.5, 0.6) is 0 Å². The van der Waals surface area contributed by atoms with Crippen LogP contribution in [0, 0.1) is 5.92 Å². The van der Waals surface area contributed by atoms with E-state index in [2.05, 4.69) is 89.1 Å². The van der Waals surface area contributed by atoms with E-state index in [9.17, 15) is 0 Å². The molecule has 0 fully saturated rings. The van der Waals surface area contributed by atoms with Gasteiger partial charge in [0.2, 0.25) is 0 Å². The van der Waals surface area contributed by atoms with Crippen LogP contribution in [0.15, 0.2) is 24.3 Å². The van der Waals surface area contributed by atoms with Crippen molar-refractivity contribution in [3.05, 3.63) is 24.3 Å². The number of hydrogen-bond acceptors (Lipinski definition) is 3. The molecule has 0 aromatic rings. The molecule has 1 rings (SSSR count). The fourth-order valence-electron chi connectivity index (χ4n) is 4.13. The molecular formula is C15H31HfN3. The van der Waals surface area contributed by atoms with Gasteiger partial charge < -0.3 is 0 Å². The van der Waals surface area contributed by atoms with E-state index in [0.29, 0.717) is 5.92 Å². The Balaban J connectivity index is 3.43. The Morgan fingerprint density at radius 1 is 0.842 bits per heavy atom. The van der Waals surface area contributed by atoms with Crippen molar-refractivity contribution in [3.8, 4) is 0 Å². The summed E-state index contributed by atoms with van der Waals surface area (Å²) in [6.45, 7) is 4.67. The summed E-state index contributed by atoms with van der Waals surface area (Å²) in [5.41, 5.74) is 0. The molecule has 19 heavy (non-hydrogen) atoms. The first kappa shape index (κ1) is 17.3. The standard InChI is InChI=1S/C9H13.3C2H6N.Hf/c1-8(2)7-9-5-3-4-6-9;3*1-3-2;/h3-6,8H,7H2,1-2H3;3*1-2H3;/q;3*-1;+3. The first-order chi connectivity index (χ1) is 8.70. The zero-order valence-electron chi connectivity index (χ0n) is 13.9. The van der Waals surface area contributed by atoms with Gasteiger partial charge in [0.1, 0.15) is 0 Å². The van der Waals surface area contributed by atoms with E-state index in [1.54, 1.807) is 0 Å². The molecule has 0 bridgehead atoms. The average molecular weight is 432 g/mol. The zero-order chi connectivity index (χ0) is 14.8.